The summed E-state index contributed by atoms with van der Waals surface area (Å²) in [7, 11) is 0. The molecule has 1 N–H and O–H groups in total. The third kappa shape index (κ3) is 3.50. The van der Waals surface area contributed by atoms with Crippen LogP contribution in [0.1, 0.15) is 11.5 Å². The summed E-state index contributed by atoms with van der Waals surface area (Å²) in [5.41, 5.74) is 1.36. The molecule has 0 spiro atoms. The molecule has 6 heteroatoms. The van der Waals surface area contributed by atoms with Crippen LogP contribution < -0.4 is 5.32 Å². The van der Waals surface area contributed by atoms with Crippen LogP contribution in [-0.4, -0.2) is 10.2 Å². The molecule has 0 amide bonds. The van der Waals surface area contributed by atoms with Crippen LogP contribution in [0.25, 0.3) is 11.5 Å². The molecule has 1 heterocycles. The molecule has 0 fully saturated rings. The number of aromatic nitrogens is 2. The molecule has 2 aromatic carbocycles. The van der Waals surface area contributed by atoms with Gasteiger partial charge >= 0.3 is 0 Å². The molecule has 0 bridgehead atoms. The zero-order chi connectivity index (χ0) is 15.4. The maximum Gasteiger partial charge on any atom is 0.247 e. The highest BCUT2D eigenvalue weighted by Gasteiger charge is 2.09. The summed E-state index contributed by atoms with van der Waals surface area (Å²) in [5.74, 6) is 0.608. The van der Waals surface area contributed by atoms with Crippen LogP contribution in [0.4, 0.5) is 4.39 Å². The van der Waals surface area contributed by atoms with E-state index < -0.39 is 0 Å². The Labute approximate surface area is 131 Å². The van der Waals surface area contributed by atoms with Crippen molar-refractivity contribution in [2.24, 2.45) is 0 Å². The van der Waals surface area contributed by atoms with Crippen molar-refractivity contribution in [2.75, 3.05) is 0 Å². The molecular formula is C16H13ClFN3O. The smallest absolute Gasteiger partial charge is 0.247 e. The first-order chi connectivity index (χ1) is 10.7. The van der Waals surface area contributed by atoms with Gasteiger partial charge in [0.1, 0.15) is 5.82 Å². The molecule has 0 unspecified atom stereocenters. The van der Waals surface area contributed by atoms with Gasteiger partial charge in [0, 0.05) is 22.7 Å². The number of benzene rings is 2. The summed E-state index contributed by atoms with van der Waals surface area (Å²) in [6.45, 7) is 0.753. The summed E-state index contributed by atoms with van der Waals surface area (Å²) in [6.07, 6.45) is 0. The van der Waals surface area contributed by atoms with E-state index in [1.807, 2.05) is 12.1 Å². The molecule has 3 aromatic rings. The molecule has 0 aliphatic rings. The second kappa shape index (κ2) is 6.68. The highest BCUT2D eigenvalue weighted by molar-refractivity contribution is 6.30. The Bertz CT molecular complexity index is 775. The Hall–Kier alpha value is -2.24. The van der Waals surface area contributed by atoms with E-state index in [4.69, 9.17) is 16.0 Å². The van der Waals surface area contributed by atoms with Gasteiger partial charge in [-0.3, -0.25) is 0 Å². The molecule has 0 aliphatic heterocycles. The molecule has 0 atom stereocenters. The second-order valence-corrected chi connectivity index (χ2v) is 5.14. The zero-order valence-electron chi connectivity index (χ0n) is 11.6. The van der Waals surface area contributed by atoms with E-state index in [1.54, 1.807) is 30.3 Å². The molecular weight excluding hydrogens is 305 g/mol. The monoisotopic (exact) mass is 317 g/mol. The van der Waals surface area contributed by atoms with Gasteiger partial charge in [-0.2, -0.15) is 0 Å². The van der Waals surface area contributed by atoms with Crippen molar-refractivity contribution in [3.8, 4) is 11.5 Å². The summed E-state index contributed by atoms with van der Waals surface area (Å²) in [4.78, 5) is 0. The van der Waals surface area contributed by atoms with E-state index in [-0.39, 0.29) is 5.82 Å². The lowest BCUT2D eigenvalue weighted by Crippen LogP contribution is -2.13. The number of hydrogen-bond donors (Lipinski definition) is 1. The zero-order valence-corrected chi connectivity index (χ0v) is 12.3. The molecule has 0 saturated carbocycles. The van der Waals surface area contributed by atoms with Gasteiger partial charge in [-0.1, -0.05) is 35.9 Å². The van der Waals surface area contributed by atoms with Gasteiger partial charge in [0.05, 0.1) is 6.54 Å². The van der Waals surface area contributed by atoms with Crippen LogP contribution in [0.2, 0.25) is 5.02 Å². The highest BCUT2D eigenvalue weighted by atomic mass is 35.5. The topological polar surface area (TPSA) is 51.0 Å². The Balaban J connectivity index is 1.62. The second-order valence-electron chi connectivity index (χ2n) is 4.71. The van der Waals surface area contributed by atoms with Gasteiger partial charge in [-0.05, 0) is 24.3 Å². The van der Waals surface area contributed by atoms with E-state index in [9.17, 15) is 4.39 Å². The first-order valence-corrected chi connectivity index (χ1v) is 7.12. The first-order valence-electron chi connectivity index (χ1n) is 6.75. The minimum absolute atomic E-state index is 0.236. The number of rotatable bonds is 5. The normalized spacial score (nSPS) is 10.8. The maximum atomic E-state index is 13.5. The number of halogens is 2. The third-order valence-corrected chi connectivity index (χ3v) is 3.32. The predicted octanol–water partition coefficient (Wildman–Crippen LogP) is 3.82. The highest BCUT2D eigenvalue weighted by Crippen LogP contribution is 2.21. The Morgan fingerprint density at radius 3 is 2.73 bits per heavy atom. The molecule has 4 nitrogen and oxygen atoms in total. The van der Waals surface area contributed by atoms with Gasteiger partial charge in [-0.25, -0.2) is 4.39 Å². The SMILES string of the molecule is Fc1ccccc1CNCc1nnc(-c2cccc(Cl)c2)o1. The average molecular weight is 318 g/mol. The van der Waals surface area contributed by atoms with Crippen LogP contribution in [0, 0.1) is 5.82 Å². The standard InChI is InChI=1S/C16H13ClFN3O/c17-13-6-3-5-11(8-13)16-21-20-15(22-16)10-19-9-12-4-1-2-7-14(12)18/h1-8,19H,9-10H2. The van der Waals surface area contributed by atoms with Gasteiger partial charge in [0.25, 0.3) is 0 Å². The van der Waals surface area contributed by atoms with Gasteiger partial charge in [-0.15, -0.1) is 10.2 Å². The molecule has 22 heavy (non-hydrogen) atoms. The van der Waals surface area contributed by atoms with Crippen LogP contribution in [0.15, 0.2) is 52.9 Å². The number of hydrogen-bond acceptors (Lipinski definition) is 4. The van der Waals surface area contributed by atoms with Crippen LogP contribution in [-0.2, 0) is 13.1 Å². The molecule has 112 valence electrons. The quantitative estimate of drug-likeness (QED) is 0.777. The molecule has 0 saturated heterocycles. The Morgan fingerprint density at radius 2 is 1.91 bits per heavy atom. The fraction of sp³-hybridized carbons (Fsp3) is 0.125. The Kier molecular flexibility index (Phi) is 4.46. The minimum Gasteiger partial charge on any atom is -0.419 e. The summed E-state index contributed by atoms with van der Waals surface area (Å²) in [6, 6.07) is 13.8. The van der Waals surface area contributed by atoms with E-state index in [2.05, 4.69) is 15.5 Å². The van der Waals surface area contributed by atoms with Crippen molar-refractivity contribution in [1.29, 1.82) is 0 Å². The van der Waals surface area contributed by atoms with Crippen molar-refractivity contribution >= 4 is 11.6 Å². The third-order valence-electron chi connectivity index (χ3n) is 3.09. The first kappa shape index (κ1) is 14.7. The summed E-state index contributed by atoms with van der Waals surface area (Å²) >= 11 is 5.93. The van der Waals surface area contributed by atoms with Crippen LogP contribution in [0.3, 0.4) is 0 Å². The van der Waals surface area contributed by atoms with Crippen molar-refractivity contribution in [3.05, 3.63) is 70.8 Å². The molecule has 1 aromatic heterocycles. The average Bonchev–Trinajstić information content (AvgIpc) is 2.98. The fourth-order valence-corrected chi connectivity index (χ4v) is 2.20. The fourth-order valence-electron chi connectivity index (χ4n) is 2.01. The number of nitrogens with one attached hydrogen (secondary N) is 1. The Morgan fingerprint density at radius 1 is 1.05 bits per heavy atom. The molecule has 0 aliphatic carbocycles. The van der Waals surface area contributed by atoms with Crippen LogP contribution in [0.5, 0.6) is 0 Å². The molecule has 0 radical (unpaired) electrons. The van der Waals surface area contributed by atoms with E-state index in [1.165, 1.54) is 6.07 Å². The lowest BCUT2D eigenvalue weighted by molar-refractivity contribution is 0.474. The van der Waals surface area contributed by atoms with Crippen molar-refractivity contribution < 1.29 is 8.81 Å². The van der Waals surface area contributed by atoms with Gasteiger partial charge < -0.3 is 9.73 Å². The maximum absolute atomic E-state index is 13.5. The predicted molar refractivity (Wildman–Crippen MR) is 81.7 cm³/mol. The van der Waals surface area contributed by atoms with E-state index in [0.717, 1.165) is 5.56 Å². The minimum atomic E-state index is -0.236. The van der Waals surface area contributed by atoms with E-state index in [0.29, 0.717) is 35.5 Å². The lowest BCUT2D eigenvalue weighted by Gasteiger charge is -2.03. The van der Waals surface area contributed by atoms with E-state index >= 15 is 0 Å². The largest absolute Gasteiger partial charge is 0.419 e. The summed E-state index contributed by atoms with van der Waals surface area (Å²) in [5, 5.41) is 11.6. The van der Waals surface area contributed by atoms with Crippen molar-refractivity contribution in [3.63, 3.8) is 0 Å². The van der Waals surface area contributed by atoms with Crippen molar-refractivity contribution in [1.82, 2.24) is 15.5 Å². The van der Waals surface area contributed by atoms with Crippen LogP contribution >= 0.6 is 11.6 Å². The van der Waals surface area contributed by atoms with Crippen molar-refractivity contribution in [2.45, 2.75) is 13.1 Å². The molecule has 3 rings (SSSR count). The van der Waals surface area contributed by atoms with Gasteiger partial charge in [0.15, 0.2) is 0 Å². The lowest BCUT2D eigenvalue weighted by atomic mass is 10.2. The number of nitrogens with zero attached hydrogens (tertiary/aromatic N) is 2. The van der Waals surface area contributed by atoms with Gasteiger partial charge in [0.2, 0.25) is 11.8 Å². The summed E-state index contributed by atoms with van der Waals surface area (Å²) < 4.78 is 19.0.